The third-order valence-corrected chi connectivity index (χ3v) is 4.16. The number of rotatable bonds is 7. The van der Waals surface area contributed by atoms with Crippen molar-refractivity contribution in [1.29, 1.82) is 0 Å². The highest BCUT2D eigenvalue weighted by atomic mass is 16.4. The van der Waals surface area contributed by atoms with Crippen molar-refractivity contribution >= 4 is 11.9 Å². The van der Waals surface area contributed by atoms with Crippen LogP contribution in [0.3, 0.4) is 0 Å². The van der Waals surface area contributed by atoms with E-state index in [-0.39, 0.29) is 18.4 Å². The maximum Gasteiger partial charge on any atom is 0.308 e. The molecule has 0 saturated carbocycles. The van der Waals surface area contributed by atoms with Crippen LogP contribution >= 0.6 is 0 Å². The van der Waals surface area contributed by atoms with Crippen molar-refractivity contribution in [2.45, 2.75) is 33.1 Å². The summed E-state index contributed by atoms with van der Waals surface area (Å²) in [6, 6.07) is 9.48. The van der Waals surface area contributed by atoms with E-state index in [9.17, 15) is 14.7 Å². The molecule has 0 aliphatic heterocycles. The fourth-order valence-corrected chi connectivity index (χ4v) is 2.81. The third kappa shape index (κ3) is 4.92. The molecule has 0 aliphatic rings. The molecule has 1 aromatic heterocycles. The predicted octanol–water partition coefficient (Wildman–Crippen LogP) is 2.53. The summed E-state index contributed by atoms with van der Waals surface area (Å²) in [5.41, 5.74) is 3.30. The van der Waals surface area contributed by atoms with E-state index in [2.05, 4.69) is 10.4 Å². The second-order valence-corrected chi connectivity index (χ2v) is 6.67. The van der Waals surface area contributed by atoms with Crippen LogP contribution < -0.4 is 5.32 Å². The van der Waals surface area contributed by atoms with Crippen LogP contribution in [0, 0.1) is 12.8 Å². The van der Waals surface area contributed by atoms with Crippen LogP contribution in [0.25, 0.3) is 0 Å². The lowest BCUT2D eigenvalue weighted by Crippen LogP contribution is -2.34. The second-order valence-electron chi connectivity index (χ2n) is 6.67. The summed E-state index contributed by atoms with van der Waals surface area (Å²) >= 11 is 0. The number of carbonyl (C=O) groups excluding carboxylic acids is 1. The van der Waals surface area contributed by atoms with Crippen LogP contribution in [0.2, 0.25) is 0 Å². The molecule has 6 heteroatoms. The van der Waals surface area contributed by atoms with Gasteiger partial charge in [-0.1, -0.05) is 43.7 Å². The highest BCUT2D eigenvalue weighted by molar-refractivity contribution is 5.92. The Morgan fingerprint density at radius 2 is 2.00 bits per heavy atom. The molecule has 2 N–H and O–H groups in total. The number of aromatic nitrogens is 2. The molecule has 0 bridgehead atoms. The first-order valence-electron chi connectivity index (χ1n) is 8.38. The second kappa shape index (κ2) is 7.96. The van der Waals surface area contributed by atoms with Crippen molar-refractivity contribution in [3.63, 3.8) is 0 Å². The molecule has 1 aromatic carbocycles. The average molecular weight is 343 g/mol. The number of carboxylic acids is 1. The van der Waals surface area contributed by atoms with Gasteiger partial charge in [0, 0.05) is 19.3 Å². The van der Waals surface area contributed by atoms with Gasteiger partial charge in [0.05, 0.1) is 5.92 Å². The Bertz CT molecular complexity index is 765. The first-order chi connectivity index (χ1) is 11.8. The predicted molar refractivity (Wildman–Crippen MR) is 95.6 cm³/mol. The van der Waals surface area contributed by atoms with Gasteiger partial charge in [-0.15, -0.1) is 0 Å². The Hall–Kier alpha value is -2.63. The van der Waals surface area contributed by atoms with Gasteiger partial charge in [0.25, 0.3) is 5.91 Å². The van der Waals surface area contributed by atoms with Crippen LogP contribution in [-0.2, 0) is 18.3 Å². The van der Waals surface area contributed by atoms with Crippen LogP contribution in [0.1, 0.15) is 47.1 Å². The van der Waals surface area contributed by atoms with E-state index >= 15 is 0 Å². The first kappa shape index (κ1) is 18.7. The van der Waals surface area contributed by atoms with E-state index < -0.39 is 11.9 Å². The van der Waals surface area contributed by atoms with E-state index in [1.54, 1.807) is 17.8 Å². The first-order valence-corrected chi connectivity index (χ1v) is 8.38. The van der Waals surface area contributed by atoms with Crippen molar-refractivity contribution in [1.82, 2.24) is 15.1 Å². The Balaban J connectivity index is 2.02. The number of hydrogen-bond donors (Lipinski definition) is 2. The number of carbonyl (C=O) groups is 2. The third-order valence-electron chi connectivity index (χ3n) is 4.16. The smallest absolute Gasteiger partial charge is 0.308 e. The minimum atomic E-state index is -0.925. The number of aliphatic carboxylic acids is 1. The van der Waals surface area contributed by atoms with Crippen LogP contribution in [0.5, 0.6) is 0 Å². The van der Waals surface area contributed by atoms with Crippen molar-refractivity contribution in [3.8, 4) is 0 Å². The van der Waals surface area contributed by atoms with E-state index in [1.807, 2.05) is 45.0 Å². The molecule has 2 aromatic rings. The van der Waals surface area contributed by atoms with Gasteiger partial charge in [0.2, 0.25) is 0 Å². The van der Waals surface area contributed by atoms with Crippen molar-refractivity contribution in [3.05, 3.63) is 52.8 Å². The molecular formula is C19H25N3O3. The lowest BCUT2D eigenvalue weighted by molar-refractivity contribution is -0.141. The summed E-state index contributed by atoms with van der Waals surface area (Å²) in [5, 5.41) is 16.3. The molecule has 0 aliphatic carbocycles. The van der Waals surface area contributed by atoms with Gasteiger partial charge in [0.15, 0.2) is 0 Å². The fourth-order valence-electron chi connectivity index (χ4n) is 2.81. The lowest BCUT2D eigenvalue weighted by atomic mass is 9.98. The molecule has 134 valence electrons. The van der Waals surface area contributed by atoms with E-state index in [4.69, 9.17) is 0 Å². The SMILES string of the molecule is Cc1cccc(CC(CNC(=O)c2cc(C(C)C)n(C)n2)C(=O)O)c1. The monoisotopic (exact) mass is 343 g/mol. The summed E-state index contributed by atoms with van der Waals surface area (Å²) in [6.07, 6.45) is 0.372. The van der Waals surface area contributed by atoms with E-state index in [0.717, 1.165) is 16.8 Å². The Kier molecular flexibility index (Phi) is 5.96. The number of nitrogens with one attached hydrogen (secondary N) is 1. The van der Waals surface area contributed by atoms with Crippen LogP contribution in [0.15, 0.2) is 30.3 Å². The van der Waals surface area contributed by atoms with Crippen LogP contribution in [0.4, 0.5) is 0 Å². The van der Waals surface area contributed by atoms with Gasteiger partial charge in [0.1, 0.15) is 5.69 Å². The van der Waals surface area contributed by atoms with Gasteiger partial charge in [-0.25, -0.2) is 0 Å². The van der Waals surface area contributed by atoms with Gasteiger partial charge in [-0.05, 0) is 30.9 Å². The minimum Gasteiger partial charge on any atom is -0.481 e. The Labute approximate surface area is 147 Å². The lowest BCUT2D eigenvalue weighted by Gasteiger charge is -2.13. The van der Waals surface area contributed by atoms with E-state index in [0.29, 0.717) is 12.1 Å². The summed E-state index contributed by atoms with van der Waals surface area (Å²) in [6.45, 7) is 6.09. The molecule has 1 unspecified atom stereocenters. The zero-order valence-corrected chi connectivity index (χ0v) is 15.1. The number of benzene rings is 1. The molecule has 1 atom stereocenters. The number of carboxylic acid groups (broad SMARTS) is 1. The Morgan fingerprint density at radius 1 is 1.28 bits per heavy atom. The molecular weight excluding hydrogens is 318 g/mol. The van der Waals surface area contributed by atoms with Gasteiger partial charge in [-0.3, -0.25) is 14.3 Å². The normalized spacial score (nSPS) is 12.2. The maximum absolute atomic E-state index is 12.3. The van der Waals surface area contributed by atoms with Crippen molar-refractivity contribution in [2.24, 2.45) is 13.0 Å². The molecule has 6 nitrogen and oxygen atoms in total. The quantitative estimate of drug-likeness (QED) is 0.809. The highest BCUT2D eigenvalue weighted by Crippen LogP contribution is 2.15. The van der Waals surface area contributed by atoms with Gasteiger partial charge in [-0.2, -0.15) is 5.10 Å². The number of nitrogens with zero attached hydrogens (tertiary/aromatic N) is 2. The number of amides is 1. The maximum atomic E-state index is 12.3. The topological polar surface area (TPSA) is 84.2 Å². The molecule has 1 amide bonds. The van der Waals surface area contributed by atoms with E-state index in [1.165, 1.54) is 0 Å². The largest absolute Gasteiger partial charge is 0.481 e. The molecule has 0 saturated heterocycles. The molecule has 1 heterocycles. The zero-order valence-electron chi connectivity index (χ0n) is 15.1. The standard InChI is InChI=1S/C19H25N3O3/c1-12(2)17-10-16(21-22(17)4)18(23)20-11-15(19(24)25)9-14-7-5-6-13(3)8-14/h5-8,10,12,15H,9,11H2,1-4H3,(H,20,23)(H,24,25). The Morgan fingerprint density at radius 3 is 2.56 bits per heavy atom. The highest BCUT2D eigenvalue weighted by Gasteiger charge is 2.21. The van der Waals surface area contributed by atoms with Crippen molar-refractivity contribution < 1.29 is 14.7 Å². The molecule has 0 radical (unpaired) electrons. The number of aryl methyl sites for hydroxylation is 2. The summed E-state index contributed by atoms with van der Waals surface area (Å²) < 4.78 is 1.68. The average Bonchev–Trinajstić information content (AvgIpc) is 2.93. The summed E-state index contributed by atoms with van der Waals surface area (Å²) in [7, 11) is 1.80. The molecule has 0 fully saturated rings. The zero-order chi connectivity index (χ0) is 18.6. The molecule has 25 heavy (non-hydrogen) atoms. The van der Waals surface area contributed by atoms with Crippen molar-refractivity contribution in [2.75, 3.05) is 6.54 Å². The minimum absolute atomic E-state index is 0.0652. The molecule has 0 spiro atoms. The van der Waals surface area contributed by atoms with Crippen LogP contribution in [-0.4, -0.2) is 33.3 Å². The summed E-state index contributed by atoms with van der Waals surface area (Å²) in [5.74, 6) is -1.70. The number of hydrogen-bond acceptors (Lipinski definition) is 3. The summed E-state index contributed by atoms with van der Waals surface area (Å²) in [4.78, 5) is 23.8. The van der Waals surface area contributed by atoms with Gasteiger partial charge >= 0.3 is 5.97 Å². The van der Waals surface area contributed by atoms with Gasteiger partial charge < -0.3 is 10.4 Å². The fraction of sp³-hybridized carbons (Fsp3) is 0.421. The molecule has 2 rings (SSSR count).